The van der Waals surface area contributed by atoms with Crippen LogP contribution in [-0.2, 0) is 0 Å². The lowest BCUT2D eigenvalue weighted by atomic mass is 10.2. The van der Waals surface area contributed by atoms with Gasteiger partial charge in [-0.15, -0.1) is 0 Å². The van der Waals surface area contributed by atoms with Crippen molar-refractivity contribution in [2.45, 2.75) is 6.92 Å². The number of fused-ring (bicyclic) bond motifs is 1. The molecule has 2 aromatic heterocycles. The molecule has 0 saturated carbocycles. The Morgan fingerprint density at radius 1 is 1.18 bits per heavy atom. The molecule has 140 valence electrons. The number of benzene rings is 2. The standard InChI is InChI=1S/C21H16BrN3O3/c1-2-27-19-10-15(22)9-14(20(19)26)12-24-16-3-4-18-17(11-16)25-21(28-18)13-5-7-23-8-6-13/h3-12,26H,2H2,1H3. The highest BCUT2D eigenvalue weighted by atomic mass is 79.9. The van der Waals surface area contributed by atoms with Crippen molar-refractivity contribution >= 4 is 38.9 Å². The van der Waals surface area contributed by atoms with Gasteiger partial charge < -0.3 is 14.3 Å². The minimum Gasteiger partial charge on any atom is -0.504 e. The summed E-state index contributed by atoms with van der Waals surface area (Å²) >= 11 is 3.42. The first-order valence-electron chi connectivity index (χ1n) is 8.64. The Labute approximate surface area is 169 Å². The molecule has 6 nitrogen and oxygen atoms in total. The molecule has 2 heterocycles. The van der Waals surface area contributed by atoms with Crippen molar-refractivity contribution in [1.82, 2.24) is 9.97 Å². The first-order valence-corrected chi connectivity index (χ1v) is 9.43. The topological polar surface area (TPSA) is 80.7 Å². The number of nitrogens with zero attached hydrogens (tertiary/aromatic N) is 3. The highest BCUT2D eigenvalue weighted by Gasteiger charge is 2.10. The molecule has 4 rings (SSSR count). The van der Waals surface area contributed by atoms with E-state index in [1.807, 2.05) is 37.3 Å². The number of phenolic OH excluding ortho intramolecular Hbond substituents is 1. The van der Waals surface area contributed by atoms with Crippen LogP contribution in [0.15, 0.2) is 68.7 Å². The number of aromatic hydroxyl groups is 1. The number of ether oxygens (including phenoxy) is 1. The van der Waals surface area contributed by atoms with E-state index in [9.17, 15) is 5.11 Å². The number of hydrogen-bond acceptors (Lipinski definition) is 6. The molecule has 28 heavy (non-hydrogen) atoms. The lowest BCUT2D eigenvalue weighted by molar-refractivity contribution is 0.317. The van der Waals surface area contributed by atoms with Crippen LogP contribution < -0.4 is 4.74 Å². The van der Waals surface area contributed by atoms with Gasteiger partial charge in [-0.1, -0.05) is 15.9 Å². The van der Waals surface area contributed by atoms with Gasteiger partial charge in [-0.05, 0) is 49.4 Å². The van der Waals surface area contributed by atoms with Crippen LogP contribution in [0, 0.1) is 0 Å². The highest BCUT2D eigenvalue weighted by molar-refractivity contribution is 9.10. The predicted octanol–water partition coefficient (Wildman–Crippen LogP) is 5.51. The fourth-order valence-corrected chi connectivity index (χ4v) is 3.17. The number of rotatable bonds is 5. The number of aliphatic imine (C=N–C) groups is 1. The largest absolute Gasteiger partial charge is 0.504 e. The van der Waals surface area contributed by atoms with E-state index in [0.717, 1.165) is 10.0 Å². The monoisotopic (exact) mass is 437 g/mol. The van der Waals surface area contributed by atoms with Crippen molar-refractivity contribution in [2.24, 2.45) is 4.99 Å². The van der Waals surface area contributed by atoms with Gasteiger partial charge in [-0.25, -0.2) is 4.98 Å². The van der Waals surface area contributed by atoms with Gasteiger partial charge in [-0.3, -0.25) is 9.98 Å². The van der Waals surface area contributed by atoms with Gasteiger partial charge >= 0.3 is 0 Å². The number of phenols is 1. The van der Waals surface area contributed by atoms with Crippen molar-refractivity contribution in [1.29, 1.82) is 0 Å². The molecule has 0 aliphatic heterocycles. The Balaban J connectivity index is 1.65. The summed E-state index contributed by atoms with van der Waals surface area (Å²) in [6.07, 6.45) is 4.98. The molecule has 0 unspecified atom stereocenters. The number of aromatic nitrogens is 2. The molecular formula is C21H16BrN3O3. The molecule has 0 radical (unpaired) electrons. The fourth-order valence-electron chi connectivity index (χ4n) is 2.72. The minimum absolute atomic E-state index is 0.0521. The third-order valence-corrected chi connectivity index (χ3v) is 4.48. The normalized spacial score (nSPS) is 11.4. The quantitative estimate of drug-likeness (QED) is 0.416. The third kappa shape index (κ3) is 3.75. The molecule has 0 amide bonds. The SMILES string of the molecule is CCOc1cc(Br)cc(C=Nc2ccc3oc(-c4ccncc4)nc3c2)c1O. The summed E-state index contributed by atoms with van der Waals surface area (Å²) in [5.41, 5.74) is 3.48. The zero-order valence-electron chi connectivity index (χ0n) is 15.0. The van der Waals surface area contributed by atoms with Gasteiger partial charge in [-0.2, -0.15) is 0 Å². The summed E-state index contributed by atoms with van der Waals surface area (Å²) in [7, 11) is 0. The average Bonchev–Trinajstić information content (AvgIpc) is 3.13. The minimum atomic E-state index is 0.0521. The van der Waals surface area contributed by atoms with Crippen LogP contribution in [0.1, 0.15) is 12.5 Å². The Hall–Kier alpha value is -3.19. The Kier molecular flexibility index (Phi) is 5.08. The number of pyridine rings is 1. The summed E-state index contributed by atoms with van der Waals surface area (Å²) in [6.45, 7) is 2.32. The van der Waals surface area contributed by atoms with Crippen molar-refractivity contribution in [3.63, 3.8) is 0 Å². The number of oxazole rings is 1. The summed E-state index contributed by atoms with van der Waals surface area (Å²) < 4.78 is 12.0. The molecule has 0 spiro atoms. The van der Waals surface area contributed by atoms with E-state index in [1.54, 1.807) is 30.7 Å². The molecule has 4 aromatic rings. The van der Waals surface area contributed by atoms with E-state index in [-0.39, 0.29) is 5.75 Å². The van der Waals surface area contributed by atoms with Gasteiger partial charge in [0, 0.05) is 34.2 Å². The Morgan fingerprint density at radius 3 is 2.79 bits per heavy atom. The van der Waals surface area contributed by atoms with Gasteiger partial charge in [0.05, 0.1) is 12.3 Å². The Bertz CT molecular complexity index is 1160. The lowest BCUT2D eigenvalue weighted by Crippen LogP contribution is -1.94. The third-order valence-electron chi connectivity index (χ3n) is 4.02. The molecule has 0 bridgehead atoms. The summed E-state index contributed by atoms with van der Waals surface area (Å²) in [4.78, 5) is 13.0. The average molecular weight is 438 g/mol. The smallest absolute Gasteiger partial charge is 0.227 e. The van der Waals surface area contributed by atoms with Crippen LogP contribution in [0.4, 0.5) is 5.69 Å². The van der Waals surface area contributed by atoms with E-state index in [1.165, 1.54) is 0 Å². The second-order valence-electron chi connectivity index (χ2n) is 5.94. The predicted molar refractivity (Wildman–Crippen MR) is 111 cm³/mol. The zero-order chi connectivity index (χ0) is 19.5. The maximum absolute atomic E-state index is 10.4. The number of hydrogen-bond donors (Lipinski definition) is 1. The molecule has 7 heteroatoms. The number of halogens is 1. The van der Waals surface area contributed by atoms with Gasteiger partial charge in [0.25, 0.3) is 0 Å². The first kappa shape index (κ1) is 18.2. The van der Waals surface area contributed by atoms with Crippen molar-refractivity contribution in [3.8, 4) is 23.0 Å². The maximum Gasteiger partial charge on any atom is 0.227 e. The van der Waals surface area contributed by atoms with Gasteiger partial charge in [0.2, 0.25) is 5.89 Å². The van der Waals surface area contributed by atoms with Crippen LogP contribution in [0.25, 0.3) is 22.6 Å². The first-order chi connectivity index (χ1) is 13.6. The molecule has 0 fully saturated rings. The van der Waals surface area contributed by atoms with Gasteiger partial charge in [0.1, 0.15) is 5.52 Å². The van der Waals surface area contributed by atoms with Crippen LogP contribution >= 0.6 is 15.9 Å². The summed E-state index contributed by atoms with van der Waals surface area (Å²) in [6, 6.07) is 12.7. The van der Waals surface area contributed by atoms with Crippen LogP contribution in [-0.4, -0.2) is 27.9 Å². The van der Waals surface area contributed by atoms with Crippen molar-refractivity contribution in [2.75, 3.05) is 6.61 Å². The van der Waals surface area contributed by atoms with Crippen LogP contribution in [0.3, 0.4) is 0 Å². The molecule has 0 aliphatic carbocycles. The van der Waals surface area contributed by atoms with Crippen LogP contribution in [0.2, 0.25) is 0 Å². The second kappa shape index (κ2) is 7.82. The molecular weight excluding hydrogens is 422 g/mol. The Morgan fingerprint density at radius 2 is 2.00 bits per heavy atom. The molecule has 2 aromatic carbocycles. The summed E-state index contributed by atoms with van der Waals surface area (Å²) in [5, 5.41) is 10.4. The molecule has 1 N–H and O–H groups in total. The molecule has 0 atom stereocenters. The van der Waals surface area contributed by atoms with E-state index in [2.05, 4.69) is 30.9 Å². The second-order valence-corrected chi connectivity index (χ2v) is 6.86. The maximum atomic E-state index is 10.4. The molecule has 0 aliphatic rings. The van der Waals surface area contributed by atoms with Crippen molar-refractivity contribution in [3.05, 3.63) is 64.9 Å². The van der Waals surface area contributed by atoms with Crippen LogP contribution in [0.5, 0.6) is 11.5 Å². The van der Waals surface area contributed by atoms with E-state index in [0.29, 0.717) is 40.6 Å². The zero-order valence-corrected chi connectivity index (χ0v) is 16.5. The van der Waals surface area contributed by atoms with E-state index in [4.69, 9.17) is 9.15 Å². The van der Waals surface area contributed by atoms with E-state index >= 15 is 0 Å². The summed E-state index contributed by atoms with van der Waals surface area (Å²) in [5.74, 6) is 0.994. The highest BCUT2D eigenvalue weighted by Crippen LogP contribution is 2.33. The van der Waals surface area contributed by atoms with Crippen molar-refractivity contribution < 1.29 is 14.3 Å². The molecule has 0 saturated heterocycles. The lowest BCUT2D eigenvalue weighted by Gasteiger charge is -2.08. The fraction of sp³-hybridized carbons (Fsp3) is 0.0952. The van der Waals surface area contributed by atoms with Gasteiger partial charge in [0.15, 0.2) is 17.1 Å². The van der Waals surface area contributed by atoms with E-state index < -0.39 is 0 Å².